The molecule has 0 N–H and O–H groups in total. The Balaban J connectivity index is 0.000000172. The van der Waals surface area contributed by atoms with Crippen molar-refractivity contribution in [3.63, 3.8) is 0 Å². The van der Waals surface area contributed by atoms with Gasteiger partial charge in [-0.05, 0) is 72.8 Å². The van der Waals surface area contributed by atoms with Gasteiger partial charge in [0.2, 0.25) is 19.7 Å². The molecule has 7 nitrogen and oxygen atoms in total. The van der Waals surface area contributed by atoms with Crippen LogP contribution in [0.25, 0.3) is 0 Å². The molecule has 232 valence electrons. The van der Waals surface area contributed by atoms with E-state index in [0.717, 1.165) is 10.6 Å². The summed E-state index contributed by atoms with van der Waals surface area (Å²) in [6.45, 7) is 0. The van der Waals surface area contributed by atoms with Crippen LogP contribution in [0.4, 0.5) is 0 Å². The number of methoxy groups -OCH3 is 1. The predicted octanol–water partition coefficient (Wildman–Crippen LogP) is 8.25. The number of ether oxygens (including phenoxy) is 1. The summed E-state index contributed by atoms with van der Waals surface area (Å²) in [5.41, 5.74) is 0.510. The van der Waals surface area contributed by atoms with Gasteiger partial charge in [-0.3, -0.25) is 9.59 Å². The number of carbonyl (C=O) groups is 2. The first-order chi connectivity index (χ1) is 21.9. The van der Waals surface area contributed by atoms with Crippen molar-refractivity contribution >= 4 is 77.8 Å². The molecule has 2 aliphatic rings. The highest BCUT2D eigenvalue weighted by Crippen LogP contribution is 2.44. The lowest BCUT2D eigenvalue weighted by atomic mass is 10.0. The summed E-state index contributed by atoms with van der Waals surface area (Å²) in [6, 6.07) is 25.6. The van der Waals surface area contributed by atoms with E-state index >= 15 is 0 Å². The van der Waals surface area contributed by atoms with E-state index in [2.05, 4.69) is 0 Å². The Morgan fingerprint density at radius 2 is 1.04 bits per heavy atom. The molecule has 0 amide bonds. The van der Waals surface area contributed by atoms with Crippen LogP contribution in [0.15, 0.2) is 126 Å². The summed E-state index contributed by atoms with van der Waals surface area (Å²) in [7, 11) is -6.12. The SMILES string of the molecule is COc1ccc(Sc2ccc3c(c2Cl)S(=O)(=O)c2ccccc2C3=O)cc1.O=C1c2ccccc2S(=O)(=O)c2c1ccc(Cl)c2Cl. The lowest BCUT2D eigenvalue weighted by Gasteiger charge is -2.21. The zero-order valence-electron chi connectivity index (χ0n) is 23.5. The average Bonchev–Trinajstić information content (AvgIpc) is 3.05. The van der Waals surface area contributed by atoms with E-state index < -0.39 is 19.7 Å². The van der Waals surface area contributed by atoms with Gasteiger partial charge in [0.1, 0.15) is 15.5 Å². The summed E-state index contributed by atoms with van der Waals surface area (Å²) >= 11 is 19.6. The number of benzene rings is 5. The number of hydrogen-bond donors (Lipinski definition) is 0. The van der Waals surface area contributed by atoms with Crippen LogP contribution < -0.4 is 4.74 Å². The van der Waals surface area contributed by atoms with Crippen molar-refractivity contribution in [3.8, 4) is 5.75 Å². The molecule has 0 aliphatic carbocycles. The fourth-order valence-electron chi connectivity index (χ4n) is 5.09. The lowest BCUT2D eigenvalue weighted by molar-refractivity contribution is 0.102. The Morgan fingerprint density at radius 1 is 0.565 bits per heavy atom. The minimum atomic E-state index is -3.88. The molecule has 0 fully saturated rings. The van der Waals surface area contributed by atoms with Gasteiger partial charge in [-0.2, -0.15) is 0 Å². The molecule has 5 aromatic rings. The van der Waals surface area contributed by atoms with Crippen LogP contribution in [-0.2, 0) is 19.7 Å². The van der Waals surface area contributed by atoms with E-state index in [1.807, 2.05) is 24.3 Å². The molecule has 0 saturated heterocycles. The third kappa shape index (κ3) is 5.33. The van der Waals surface area contributed by atoms with Crippen molar-refractivity contribution in [3.05, 3.63) is 134 Å². The molecule has 0 unspecified atom stereocenters. The second-order valence-corrected chi connectivity index (χ2v) is 15.9. The van der Waals surface area contributed by atoms with Gasteiger partial charge in [-0.1, -0.05) is 70.8 Å². The second-order valence-electron chi connectivity index (χ2n) is 9.93. The molecular formula is C33H19Cl3O7S3. The topological polar surface area (TPSA) is 112 Å². The van der Waals surface area contributed by atoms with Crippen molar-refractivity contribution in [1.82, 2.24) is 0 Å². The van der Waals surface area contributed by atoms with E-state index in [0.29, 0.717) is 4.90 Å². The van der Waals surface area contributed by atoms with Gasteiger partial charge in [0.05, 0.1) is 32.0 Å². The standard InChI is InChI=1S/C20H13ClO4S2.C13H6Cl2O3S/c1-25-12-6-8-13(9-7-12)26-16-11-10-15-19(22)14-4-2-3-5-17(14)27(23,24)20(15)18(16)21;14-9-6-5-8-12(16)7-3-1-2-4-10(7)19(17,18)13(8)11(9)15/h2-11H,1H3;1-6H. The zero-order chi connectivity index (χ0) is 33.0. The normalized spacial score (nSPS) is 15.0. The molecule has 0 atom stereocenters. The number of sulfone groups is 2. The van der Waals surface area contributed by atoms with Crippen LogP contribution in [0, 0.1) is 0 Å². The lowest BCUT2D eigenvalue weighted by Crippen LogP contribution is -2.20. The Kier molecular flexibility index (Phi) is 8.56. The van der Waals surface area contributed by atoms with Crippen LogP contribution in [0.5, 0.6) is 5.75 Å². The third-order valence-electron chi connectivity index (χ3n) is 7.27. The number of halogens is 3. The first kappa shape index (κ1) is 32.3. The van der Waals surface area contributed by atoms with Crippen molar-refractivity contribution in [2.45, 2.75) is 29.4 Å². The Bertz CT molecular complexity index is 2320. The van der Waals surface area contributed by atoms with Crippen LogP contribution in [0.3, 0.4) is 0 Å². The fraction of sp³-hybridized carbons (Fsp3) is 0.0303. The molecule has 0 radical (unpaired) electrons. The molecule has 46 heavy (non-hydrogen) atoms. The number of hydrogen-bond acceptors (Lipinski definition) is 8. The van der Waals surface area contributed by atoms with Gasteiger partial charge in [0, 0.05) is 32.0 Å². The Labute approximate surface area is 283 Å². The third-order valence-corrected chi connectivity index (χ3v) is 13.7. The van der Waals surface area contributed by atoms with Crippen molar-refractivity contribution < 1.29 is 31.2 Å². The molecule has 2 heterocycles. The number of carbonyl (C=O) groups excluding carboxylic acids is 2. The number of rotatable bonds is 3. The first-order valence-corrected chi connectivity index (χ1v) is 18.2. The Hall–Kier alpha value is -3.64. The van der Waals surface area contributed by atoms with Gasteiger partial charge in [-0.15, -0.1) is 0 Å². The Morgan fingerprint density at radius 3 is 1.57 bits per heavy atom. The van der Waals surface area contributed by atoms with E-state index in [1.165, 1.54) is 54.2 Å². The monoisotopic (exact) mass is 728 g/mol. The van der Waals surface area contributed by atoms with E-state index in [-0.39, 0.29) is 68.5 Å². The van der Waals surface area contributed by atoms with Gasteiger partial charge in [0.25, 0.3) is 0 Å². The molecular weight excluding hydrogens is 711 g/mol. The van der Waals surface area contributed by atoms with Gasteiger partial charge >= 0.3 is 0 Å². The van der Waals surface area contributed by atoms with Crippen molar-refractivity contribution in [2.24, 2.45) is 0 Å². The summed E-state index contributed by atoms with van der Waals surface area (Å²) in [4.78, 5) is 26.1. The molecule has 7 rings (SSSR count). The number of fused-ring (bicyclic) bond motifs is 4. The summed E-state index contributed by atoms with van der Waals surface area (Å²) in [5, 5.41) is 0.0642. The predicted molar refractivity (Wildman–Crippen MR) is 176 cm³/mol. The minimum Gasteiger partial charge on any atom is -0.497 e. The highest BCUT2D eigenvalue weighted by Gasteiger charge is 2.38. The summed E-state index contributed by atoms with van der Waals surface area (Å²) in [6.07, 6.45) is 0. The average molecular weight is 730 g/mol. The largest absolute Gasteiger partial charge is 0.497 e. The molecule has 0 bridgehead atoms. The quantitative estimate of drug-likeness (QED) is 0.179. The fourth-order valence-corrected chi connectivity index (χ4v) is 10.7. The molecule has 0 saturated carbocycles. The second kappa shape index (κ2) is 12.2. The maximum absolute atomic E-state index is 13.1. The van der Waals surface area contributed by atoms with E-state index in [1.54, 1.807) is 37.4 Å². The summed E-state index contributed by atoms with van der Waals surface area (Å²) in [5.74, 6) is 0.0259. The molecule has 5 aromatic carbocycles. The van der Waals surface area contributed by atoms with Crippen LogP contribution in [0.2, 0.25) is 15.1 Å². The smallest absolute Gasteiger partial charge is 0.209 e. The van der Waals surface area contributed by atoms with E-state index in [4.69, 9.17) is 39.5 Å². The minimum absolute atomic E-state index is 0.00371. The molecule has 0 spiro atoms. The van der Waals surface area contributed by atoms with Gasteiger partial charge < -0.3 is 4.74 Å². The van der Waals surface area contributed by atoms with Crippen molar-refractivity contribution in [2.75, 3.05) is 7.11 Å². The zero-order valence-corrected chi connectivity index (χ0v) is 28.2. The van der Waals surface area contributed by atoms with Crippen LogP contribution >= 0.6 is 46.6 Å². The molecule has 13 heteroatoms. The first-order valence-electron chi connectivity index (χ1n) is 13.3. The van der Waals surface area contributed by atoms with Crippen LogP contribution in [-0.4, -0.2) is 35.5 Å². The molecule has 2 aliphatic heterocycles. The van der Waals surface area contributed by atoms with Gasteiger partial charge in [0.15, 0.2) is 11.6 Å². The highest BCUT2D eigenvalue weighted by atomic mass is 35.5. The maximum Gasteiger partial charge on any atom is 0.209 e. The van der Waals surface area contributed by atoms with E-state index in [9.17, 15) is 26.4 Å². The maximum atomic E-state index is 13.1. The van der Waals surface area contributed by atoms with Crippen LogP contribution in [0.1, 0.15) is 31.8 Å². The summed E-state index contributed by atoms with van der Waals surface area (Å²) < 4.78 is 56.4. The highest BCUT2D eigenvalue weighted by molar-refractivity contribution is 7.99. The van der Waals surface area contributed by atoms with Crippen molar-refractivity contribution in [1.29, 1.82) is 0 Å². The molecule has 0 aromatic heterocycles. The van der Waals surface area contributed by atoms with Gasteiger partial charge in [-0.25, -0.2) is 16.8 Å². The number of ketones is 2.